The number of carbonyl (C=O) groups is 1. The lowest BCUT2D eigenvalue weighted by molar-refractivity contribution is 0.102. The van der Waals surface area contributed by atoms with Crippen LogP contribution in [0.15, 0.2) is 58.2 Å². The summed E-state index contributed by atoms with van der Waals surface area (Å²) >= 11 is 6.99. The largest absolute Gasteiger partial charge is 0.411 e. The van der Waals surface area contributed by atoms with E-state index >= 15 is 0 Å². The molecule has 0 aliphatic heterocycles. The molecule has 0 amide bonds. The van der Waals surface area contributed by atoms with Crippen LogP contribution < -0.4 is 5.73 Å². The number of halogens is 1. The Hall–Kier alpha value is -2.31. The molecule has 116 valence electrons. The zero-order chi connectivity index (χ0) is 16.2. The Labute approximate surface area is 141 Å². The molecule has 2 N–H and O–H groups in total. The minimum absolute atomic E-state index is 0.0364. The highest BCUT2D eigenvalue weighted by atomic mass is 35.5. The second-order valence-electron chi connectivity index (χ2n) is 4.68. The Morgan fingerprint density at radius 1 is 1.13 bits per heavy atom. The summed E-state index contributed by atoms with van der Waals surface area (Å²) in [6.07, 6.45) is 0. The first-order chi connectivity index (χ1) is 11.1. The van der Waals surface area contributed by atoms with E-state index in [-0.39, 0.29) is 11.5 Å². The molecule has 1 aromatic heterocycles. The number of anilines is 1. The number of rotatable bonds is 5. The average molecular weight is 346 g/mol. The van der Waals surface area contributed by atoms with Gasteiger partial charge in [-0.15, -0.1) is 10.2 Å². The summed E-state index contributed by atoms with van der Waals surface area (Å²) < 4.78 is 5.54. The maximum atomic E-state index is 12.1. The fraction of sp³-hybridized carbons (Fsp3) is 0.0625. The van der Waals surface area contributed by atoms with Crippen molar-refractivity contribution in [2.75, 3.05) is 11.5 Å². The lowest BCUT2D eigenvalue weighted by Gasteiger charge is -1.99. The van der Waals surface area contributed by atoms with Crippen LogP contribution in [0.1, 0.15) is 10.4 Å². The number of Topliss-reactive ketones (excluding diaryl/α,β-unsaturated/α-hetero) is 1. The fourth-order valence-corrected chi connectivity index (χ4v) is 2.70. The number of ketones is 1. The van der Waals surface area contributed by atoms with Crippen LogP contribution >= 0.6 is 23.4 Å². The Bertz CT molecular complexity index is 833. The van der Waals surface area contributed by atoms with Gasteiger partial charge in [-0.1, -0.05) is 35.5 Å². The minimum atomic E-state index is -0.0364. The molecule has 0 atom stereocenters. The summed E-state index contributed by atoms with van der Waals surface area (Å²) in [5.41, 5.74) is 7.70. The first kappa shape index (κ1) is 15.6. The molecule has 0 saturated heterocycles. The lowest BCUT2D eigenvalue weighted by Crippen LogP contribution is -2.01. The van der Waals surface area contributed by atoms with E-state index in [1.54, 1.807) is 36.4 Å². The molecule has 0 fully saturated rings. The van der Waals surface area contributed by atoms with E-state index in [9.17, 15) is 4.79 Å². The third kappa shape index (κ3) is 3.72. The van der Waals surface area contributed by atoms with Gasteiger partial charge in [-0.25, -0.2) is 0 Å². The van der Waals surface area contributed by atoms with E-state index in [0.717, 1.165) is 0 Å². The van der Waals surface area contributed by atoms with E-state index < -0.39 is 0 Å². The summed E-state index contributed by atoms with van der Waals surface area (Å²) in [6, 6.07) is 14.0. The second-order valence-corrected chi connectivity index (χ2v) is 6.04. The van der Waals surface area contributed by atoms with Crippen LogP contribution in [0.3, 0.4) is 0 Å². The quantitative estimate of drug-likeness (QED) is 0.428. The highest BCUT2D eigenvalue weighted by molar-refractivity contribution is 7.99. The molecule has 5 nitrogen and oxygen atoms in total. The third-order valence-corrected chi connectivity index (χ3v) is 4.16. The lowest BCUT2D eigenvalue weighted by atomic mass is 10.1. The van der Waals surface area contributed by atoms with Gasteiger partial charge in [0.1, 0.15) is 0 Å². The molecule has 0 unspecified atom stereocenters. The highest BCUT2D eigenvalue weighted by Gasteiger charge is 2.13. The highest BCUT2D eigenvalue weighted by Crippen LogP contribution is 2.27. The summed E-state index contributed by atoms with van der Waals surface area (Å²) in [6.45, 7) is 0. The Morgan fingerprint density at radius 3 is 2.61 bits per heavy atom. The standard InChI is InChI=1S/C16H12ClN3O2S/c17-11-7-5-10(6-8-11)14(21)9-23-16-20-19-15(22-16)12-3-1-2-4-13(12)18/h1-8H,9,18H2. The van der Waals surface area contributed by atoms with Crippen molar-refractivity contribution >= 4 is 34.8 Å². The van der Waals surface area contributed by atoms with Gasteiger partial charge in [0.2, 0.25) is 0 Å². The Balaban J connectivity index is 1.67. The van der Waals surface area contributed by atoms with Gasteiger partial charge in [0.05, 0.1) is 11.3 Å². The number of nitrogens with zero attached hydrogens (tertiary/aromatic N) is 2. The van der Waals surface area contributed by atoms with Crippen molar-refractivity contribution in [1.29, 1.82) is 0 Å². The molecule has 3 rings (SSSR count). The molecule has 0 radical (unpaired) electrons. The van der Waals surface area contributed by atoms with E-state index in [1.165, 1.54) is 11.8 Å². The van der Waals surface area contributed by atoms with Crippen LogP contribution in [-0.4, -0.2) is 21.7 Å². The van der Waals surface area contributed by atoms with Crippen LogP contribution in [0.25, 0.3) is 11.5 Å². The molecular weight excluding hydrogens is 334 g/mol. The monoisotopic (exact) mass is 345 g/mol. The van der Waals surface area contributed by atoms with Crippen LogP contribution in [0, 0.1) is 0 Å². The first-order valence-corrected chi connectivity index (χ1v) is 8.10. The van der Waals surface area contributed by atoms with Crippen molar-refractivity contribution in [2.45, 2.75) is 5.22 Å². The molecule has 3 aromatic rings. The molecular formula is C16H12ClN3O2S. The molecule has 0 aliphatic carbocycles. The molecule has 23 heavy (non-hydrogen) atoms. The number of benzene rings is 2. The average Bonchev–Trinajstić information content (AvgIpc) is 3.02. The van der Waals surface area contributed by atoms with Crippen LogP contribution in [0.5, 0.6) is 0 Å². The van der Waals surface area contributed by atoms with Crippen LogP contribution in [-0.2, 0) is 0 Å². The van der Waals surface area contributed by atoms with Crippen molar-refractivity contribution in [3.8, 4) is 11.5 Å². The topological polar surface area (TPSA) is 82.0 Å². The normalized spacial score (nSPS) is 10.7. The smallest absolute Gasteiger partial charge is 0.277 e. The second kappa shape index (κ2) is 6.85. The van der Waals surface area contributed by atoms with Crippen molar-refractivity contribution in [1.82, 2.24) is 10.2 Å². The van der Waals surface area contributed by atoms with Gasteiger partial charge in [-0.2, -0.15) is 0 Å². The Kier molecular flexibility index (Phi) is 4.64. The molecule has 0 saturated carbocycles. The van der Waals surface area contributed by atoms with Crippen molar-refractivity contribution in [2.24, 2.45) is 0 Å². The molecule has 7 heteroatoms. The van der Waals surface area contributed by atoms with Gasteiger partial charge >= 0.3 is 0 Å². The fourth-order valence-electron chi connectivity index (χ4n) is 1.92. The number of carbonyl (C=O) groups excluding carboxylic acids is 1. The molecule has 0 spiro atoms. The zero-order valence-corrected chi connectivity index (χ0v) is 13.5. The number of nitrogen functional groups attached to an aromatic ring is 1. The summed E-state index contributed by atoms with van der Waals surface area (Å²) in [7, 11) is 0. The summed E-state index contributed by atoms with van der Waals surface area (Å²) in [5, 5.41) is 8.81. The van der Waals surface area contributed by atoms with Crippen molar-refractivity contribution in [3.63, 3.8) is 0 Å². The number of thioether (sulfide) groups is 1. The van der Waals surface area contributed by atoms with Crippen molar-refractivity contribution in [3.05, 3.63) is 59.1 Å². The van der Waals surface area contributed by atoms with E-state index in [1.807, 2.05) is 12.1 Å². The molecule has 2 aromatic carbocycles. The number of aromatic nitrogens is 2. The molecule has 1 heterocycles. The van der Waals surface area contributed by atoms with Crippen molar-refractivity contribution < 1.29 is 9.21 Å². The zero-order valence-electron chi connectivity index (χ0n) is 11.9. The van der Waals surface area contributed by atoms with E-state index in [4.69, 9.17) is 21.8 Å². The number of nitrogens with two attached hydrogens (primary N) is 1. The number of para-hydroxylation sites is 1. The van der Waals surface area contributed by atoms with Gasteiger partial charge in [0, 0.05) is 16.3 Å². The predicted octanol–water partition coefficient (Wildman–Crippen LogP) is 3.95. The first-order valence-electron chi connectivity index (χ1n) is 6.73. The Morgan fingerprint density at radius 2 is 1.87 bits per heavy atom. The summed E-state index contributed by atoms with van der Waals surface area (Å²) in [5.74, 6) is 0.503. The number of hydrogen-bond donors (Lipinski definition) is 1. The molecule has 0 bridgehead atoms. The van der Waals surface area contributed by atoms with Gasteiger partial charge in [0.25, 0.3) is 11.1 Å². The van der Waals surface area contributed by atoms with Gasteiger partial charge in [-0.3, -0.25) is 4.79 Å². The summed E-state index contributed by atoms with van der Waals surface area (Å²) in [4.78, 5) is 12.1. The molecule has 0 aliphatic rings. The minimum Gasteiger partial charge on any atom is -0.411 e. The van der Waals surface area contributed by atoms with Crippen LogP contribution in [0.4, 0.5) is 5.69 Å². The van der Waals surface area contributed by atoms with Gasteiger partial charge in [0.15, 0.2) is 5.78 Å². The van der Waals surface area contributed by atoms with Gasteiger partial charge < -0.3 is 10.2 Å². The maximum absolute atomic E-state index is 12.1. The SMILES string of the molecule is Nc1ccccc1-c1nnc(SCC(=O)c2ccc(Cl)cc2)o1. The number of hydrogen-bond acceptors (Lipinski definition) is 6. The predicted molar refractivity (Wildman–Crippen MR) is 90.7 cm³/mol. The van der Waals surface area contributed by atoms with E-state index in [2.05, 4.69) is 10.2 Å². The maximum Gasteiger partial charge on any atom is 0.277 e. The van der Waals surface area contributed by atoms with E-state index in [0.29, 0.717) is 33.0 Å². The van der Waals surface area contributed by atoms with Gasteiger partial charge in [-0.05, 0) is 36.4 Å². The van der Waals surface area contributed by atoms with Crippen LogP contribution in [0.2, 0.25) is 5.02 Å². The third-order valence-electron chi connectivity index (χ3n) is 3.09.